The van der Waals surface area contributed by atoms with E-state index in [0.29, 0.717) is 5.92 Å². The lowest BCUT2D eigenvalue weighted by atomic mass is 9.91. The zero-order valence-corrected chi connectivity index (χ0v) is 19.2. The third-order valence-corrected chi connectivity index (χ3v) is 5.38. The lowest BCUT2D eigenvalue weighted by Crippen LogP contribution is -2.42. The number of hydrogen-bond donors (Lipinski definition) is 0. The van der Waals surface area contributed by atoms with Gasteiger partial charge in [-0.15, -0.1) is 0 Å². The summed E-state index contributed by atoms with van der Waals surface area (Å²) in [4.78, 5) is 19.2. The fourth-order valence-electron chi connectivity index (χ4n) is 3.99. The lowest BCUT2D eigenvalue weighted by Gasteiger charge is -2.34. The number of carbonyl (C=O) groups is 1. The molecule has 29 heavy (non-hydrogen) atoms. The topological polar surface area (TPSA) is 47.4 Å². The van der Waals surface area contributed by atoms with Crippen LogP contribution in [-0.2, 0) is 17.7 Å². The van der Waals surface area contributed by atoms with E-state index in [9.17, 15) is 4.79 Å². The second kappa shape index (κ2) is 8.04. The molecule has 1 aromatic heterocycles. The number of ether oxygens (including phenoxy) is 1. The highest BCUT2D eigenvalue weighted by atomic mass is 16.6. The number of piperidine rings is 1. The molecule has 158 valence electrons. The van der Waals surface area contributed by atoms with Gasteiger partial charge < -0.3 is 14.2 Å². The predicted molar refractivity (Wildman–Crippen MR) is 122 cm³/mol. The van der Waals surface area contributed by atoms with Crippen LogP contribution in [0.1, 0.15) is 60.2 Å². The molecular weight excluding hydrogens is 361 g/mol. The second-order valence-electron chi connectivity index (χ2n) is 10.8. The first-order chi connectivity index (χ1) is 13.4. The molecule has 0 saturated carbocycles. The van der Waals surface area contributed by atoms with E-state index >= 15 is 0 Å². The minimum Gasteiger partial charge on any atom is -0.444 e. The van der Waals surface area contributed by atoms with Gasteiger partial charge in [0.1, 0.15) is 19.3 Å². The number of rotatable bonds is 3. The van der Waals surface area contributed by atoms with Crippen LogP contribution in [0.5, 0.6) is 0 Å². The highest BCUT2D eigenvalue weighted by Crippen LogP contribution is 2.27. The molecule has 1 aliphatic rings. The molecule has 2 heterocycles. The first kappa shape index (κ1) is 21.7. The molecule has 0 N–H and O–H groups in total. The summed E-state index contributed by atoms with van der Waals surface area (Å²) < 4.78 is 7.96. The molecule has 5 nitrogen and oxygen atoms in total. The Morgan fingerprint density at radius 3 is 2.41 bits per heavy atom. The van der Waals surface area contributed by atoms with Crippen LogP contribution in [0.3, 0.4) is 0 Å². The Kier molecular flexibility index (Phi) is 6.02. The van der Waals surface area contributed by atoms with Gasteiger partial charge in [0.15, 0.2) is 0 Å². The van der Waals surface area contributed by atoms with Crippen LogP contribution in [0.2, 0.25) is 0 Å². The van der Waals surface area contributed by atoms with Crippen molar-refractivity contribution in [1.82, 2.24) is 14.5 Å². The summed E-state index contributed by atoms with van der Waals surface area (Å²) >= 11 is 0. The van der Waals surface area contributed by atoms with E-state index in [-0.39, 0.29) is 11.5 Å². The Morgan fingerprint density at radius 2 is 1.83 bits per heavy atom. The maximum Gasteiger partial charge on any atom is 0.410 e. The Balaban J connectivity index is 1.73. The molecular formula is C23H36BN3O2. The van der Waals surface area contributed by atoms with Gasteiger partial charge in [-0.1, -0.05) is 32.3 Å². The number of hydrogen-bond acceptors (Lipinski definition) is 3. The largest absolute Gasteiger partial charge is 0.444 e. The van der Waals surface area contributed by atoms with Gasteiger partial charge in [0.2, 0.25) is 0 Å². The summed E-state index contributed by atoms with van der Waals surface area (Å²) in [6, 6.07) is 6.56. The van der Waals surface area contributed by atoms with Gasteiger partial charge in [0.25, 0.3) is 0 Å². The number of imidazole rings is 1. The minimum atomic E-state index is -0.441. The SMILES string of the molecule is Bc1ccc2c(c1)nc(CC(C)(C)C)n2CC1CCN(C(=O)OC(C)(C)C)CC1. The highest BCUT2D eigenvalue weighted by molar-refractivity contribution is 6.33. The van der Waals surface area contributed by atoms with E-state index < -0.39 is 5.60 Å². The summed E-state index contributed by atoms with van der Waals surface area (Å²) in [5.41, 5.74) is 3.31. The standard InChI is InChI=1S/C23H36BN3O2/c1-22(2,3)14-20-25-18-13-17(24)7-8-19(18)27(20)15-16-9-11-26(12-10-16)21(28)29-23(4,5)6/h7-8,13,16H,9-12,14-15,24H2,1-6H3. The number of carbonyl (C=O) groups excluding carboxylic acids is 1. The summed E-state index contributed by atoms with van der Waals surface area (Å²) in [6.07, 6.45) is 2.77. The van der Waals surface area contributed by atoms with Crippen molar-refractivity contribution >= 4 is 30.4 Å². The number of amides is 1. The number of benzene rings is 1. The van der Waals surface area contributed by atoms with Crippen molar-refractivity contribution in [3.8, 4) is 0 Å². The number of nitrogens with zero attached hydrogens (tertiary/aromatic N) is 3. The van der Waals surface area contributed by atoms with Crippen LogP contribution < -0.4 is 5.46 Å². The van der Waals surface area contributed by atoms with Crippen molar-refractivity contribution in [3.05, 3.63) is 24.0 Å². The summed E-state index contributed by atoms with van der Waals surface area (Å²) in [6.45, 7) is 15.0. The van der Waals surface area contributed by atoms with Crippen LogP contribution in [0.25, 0.3) is 11.0 Å². The average Bonchev–Trinajstić information content (AvgIpc) is 2.88. The summed E-state index contributed by atoms with van der Waals surface area (Å²) in [5.74, 6) is 1.72. The van der Waals surface area contributed by atoms with Gasteiger partial charge in [-0.05, 0) is 57.1 Å². The maximum atomic E-state index is 12.3. The van der Waals surface area contributed by atoms with Crippen molar-refractivity contribution in [2.75, 3.05) is 13.1 Å². The number of fused-ring (bicyclic) bond motifs is 1. The van der Waals surface area contributed by atoms with Crippen molar-refractivity contribution in [3.63, 3.8) is 0 Å². The summed E-state index contributed by atoms with van der Waals surface area (Å²) in [7, 11) is 2.12. The Bertz CT molecular complexity index is 869. The van der Waals surface area contributed by atoms with Crippen LogP contribution >= 0.6 is 0 Å². The van der Waals surface area contributed by atoms with Gasteiger partial charge >= 0.3 is 6.09 Å². The Labute approximate surface area is 176 Å². The summed E-state index contributed by atoms with van der Waals surface area (Å²) in [5, 5.41) is 0. The third-order valence-electron chi connectivity index (χ3n) is 5.38. The van der Waals surface area contributed by atoms with E-state index in [1.807, 2.05) is 25.7 Å². The monoisotopic (exact) mass is 397 g/mol. The Morgan fingerprint density at radius 1 is 1.17 bits per heavy atom. The first-order valence-corrected chi connectivity index (χ1v) is 10.8. The van der Waals surface area contributed by atoms with Crippen molar-refractivity contribution in [1.29, 1.82) is 0 Å². The molecule has 2 aromatic rings. The van der Waals surface area contributed by atoms with Crippen LogP contribution in [-0.4, -0.2) is 47.1 Å². The van der Waals surface area contributed by atoms with Gasteiger partial charge in [0, 0.05) is 26.1 Å². The van der Waals surface area contributed by atoms with Gasteiger partial charge in [-0.2, -0.15) is 0 Å². The Hall–Kier alpha value is -1.98. The quantitative estimate of drug-likeness (QED) is 0.745. The van der Waals surface area contributed by atoms with Crippen molar-refractivity contribution < 1.29 is 9.53 Å². The molecule has 1 aliphatic heterocycles. The molecule has 1 aromatic carbocycles. The van der Waals surface area contributed by atoms with E-state index in [2.05, 4.69) is 51.4 Å². The molecule has 0 radical (unpaired) electrons. The van der Waals surface area contributed by atoms with Crippen molar-refractivity contribution in [2.45, 2.75) is 73.0 Å². The van der Waals surface area contributed by atoms with Gasteiger partial charge in [-0.3, -0.25) is 0 Å². The molecule has 1 saturated heterocycles. The molecule has 0 bridgehead atoms. The zero-order chi connectivity index (χ0) is 21.4. The van der Waals surface area contributed by atoms with Crippen LogP contribution in [0.15, 0.2) is 18.2 Å². The minimum absolute atomic E-state index is 0.187. The fraction of sp³-hybridized carbons (Fsp3) is 0.652. The van der Waals surface area contributed by atoms with Crippen LogP contribution in [0, 0.1) is 11.3 Å². The average molecular weight is 397 g/mol. The van der Waals surface area contributed by atoms with Crippen LogP contribution in [0.4, 0.5) is 4.79 Å². The molecule has 0 aliphatic carbocycles. The molecule has 1 fully saturated rings. The molecule has 3 rings (SSSR count). The zero-order valence-electron chi connectivity index (χ0n) is 19.2. The molecule has 6 heteroatoms. The van der Waals surface area contributed by atoms with E-state index in [1.165, 1.54) is 16.8 Å². The smallest absolute Gasteiger partial charge is 0.410 e. The normalized spacial score (nSPS) is 16.4. The van der Waals surface area contributed by atoms with E-state index in [0.717, 1.165) is 44.4 Å². The molecule has 1 amide bonds. The molecule has 0 spiro atoms. The lowest BCUT2D eigenvalue weighted by molar-refractivity contribution is 0.0178. The highest BCUT2D eigenvalue weighted by Gasteiger charge is 2.28. The van der Waals surface area contributed by atoms with Gasteiger partial charge in [0.05, 0.1) is 11.0 Å². The van der Waals surface area contributed by atoms with Crippen molar-refractivity contribution in [2.24, 2.45) is 11.3 Å². The fourth-order valence-corrected chi connectivity index (χ4v) is 3.99. The number of aromatic nitrogens is 2. The maximum absolute atomic E-state index is 12.3. The second-order valence-corrected chi connectivity index (χ2v) is 10.8. The van der Waals surface area contributed by atoms with E-state index in [1.54, 1.807) is 0 Å². The van der Waals surface area contributed by atoms with E-state index in [4.69, 9.17) is 9.72 Å². The number of likely N-dealkylation sites (tertiary alicyclic amines) is 1. The molecule has 0 unspecified atom stereocenters. The third kappa shape index (κ3) is 5.77. The predicted octanol–water partition coefficient (Wildman–Crippen LogP) is 3.53. The molecule has 0 atom stereocenters. The van der Waals surface area contributed by atoms with Gasteiger partial charge in [-0.25, -0.2) is 9.78 Å². The first-order valence-electron chi connectivity index (χ1n) is 10.8.